The summed E-state index contributed by atoms with van der Waals surface area (Å²) in [5.41, 5.74) is 1.44. The number of hydrogen-bond donors (Lipinski definition) is 2. The van der Waals surface area contributed by atoms with Crippen LogP contribution in [0.15, 0.2) is 58.2 Å². The van der Waals surface area contributed by atoms with Gasteiger partial charge in [-0.05, 0) is 42.3 Å². The summed E-state index contributed by atoms with van der Waals surface area (Å²) in [6, 6.07) is 9.95. The number of benzene rings is 1. The predicted molar refractivity (Wildman–Crippen MR) is 91.5 cm³/mol. The molecule has 3 rings (SSSR count). The molecule has 0 spiro atoms. The van der Waals surface area contributed by atoms with E-state index in [0.717, 1.165) is 5.56 Å². The van der Waals surface area contributed by atoms with Crippen molar-refractivity contribution in [2.24, 2.45) is 5.92 Å². The molecule has 25 heavy (non-hydrogen) atoms. The average molecular weight is 341 g/mol. The molecule has 1 atom stereocenters. The van der Waals surface area contributed by atoms with E-state index in [4.69, 9.17) is 14.4 Å². The van der Waals surface area contributed by atoms with Gasteiger partial charge in [0.2, 0.25) is 0 Å². The van der Waals surface area contributed by atoms with Gasteiger partial charge in [-0.25, -0.2) is 10.0 Å². The number of esters is 1. The highest BCUT2D eigenvalue weighted by atomic mass is 16.8. The van der Waals surface area contributed by atoms with Gasteiger partial charge < -0.3 is 14.4 Å². The van der Waals surface area contributed by atoms with Crippen molar-refractivity contribution in [3.63, 3.8) is 0 Å². The molecule has 2 N–H and O–H groups in total. The quantitative estimate of drug-likeness (QED) is 0.495. The maximum Gasteiger partial charge on any atom is 0.343 e. The van der Waals surface area contributed by atoms with E-state index in [1.165, 1.54) is 12.1 Å². The van der Waals surface area contributed by atoms with Gasteiger partial charge in [-0.15, -0.1) is 0 Å². The summed E-state index contributed by atoms with van der Waals surface area (Å²) in [6.07, 6.45) is 4.10. The minimum atomic E-state index is -0.972. The molecule has 2 heterocycles. The molecule has 0 amide bonds. The third kappa shape index (κ3) is 4.06. The lowest BCUT2D eigenvalue weighted by molar-refractivity contribution is -0.991. The number of carbonyl (C=O) groups is 1. The van der Waals surface area contributed by atoms with Crippen molar-refractivity contribution >= 4 is 17.7 Å². The Morgan fingerprint density at radius 3 is 2.56 bits per heavy atom. The monoisotopic (exact) mass is 341 g/mol. The standard InChI is InChI=1S/C19H19NO5/c1-12(2)9-17-11-14(19(21)25-17)10-16-7-8-18(24-16)13-3-5-15(6-4-13)20(22)23/h3-8,10-12,20,22H,9H2,1-2H3. The first-order valence-corrected chi connectivity index (χ1v) is 8.00. The fourth-order valence-corrected chi connectivity index (χ4v) is 2.56. The van der Waals surface area contributed by atoms with Crippen LogP contribution < -0.4 is 5.23 Å². The van der Waals surface area contributed by atoms with E-state index in [2.05, 4.69) is 13.8 Å². The average Bonchev–Trinajstić information content (AvgIpc) is 3.14. The van der Waals surface area contributed by atoms with Crippen molar-refractivity contribution in [2.75, 3.05) is 0 Å². The van der Waals surface area contributed by atoms with Crippen LogP contribution >= 0.6 is 0 Å². The molecule has 0 bridgehead atoms. The van der Waals surface area contributed by atoms with Gasteiger partial charge in [0.15, 0.2) is 5.69 Å². The molecule has 0 saturated heterocycles. The zero-order valence-corrected chi connectivity index (χ0v) is 14.0. The predicted octanol–water partition coefficient (Wildman–Crippen LogP) is 3.22. The second-order valence-electron chi connectivity index (χ2n) is 6.28. The SMILES string of the molecule is CC(C)CC1=CC(=Cc2ccc(-c3ccc([NH+]([O-])O)cc3)o2)C(=O)O1. The van der Waals surface area contributed by atoms with E-state index in [-0.39, 0.29) is 11.7 Å². The molecule has 1 unspecified atom stereocenters. The maximum atomic E-state index is 11.9. The number of carbonyl (C=O) groups excluding carboxylic acids is 1. The smallest absolute Gasteiger partial charge is 0.343 e. The van der Waals surface area contributed by atoms with E-state index >= 15 is 0 Å². The largest absolute Gasteiger partial charge is 0.595 e. The summed E-state index contributed by atoms with van der Waals surface area (Å²) in [4.78, 5) is 11.9. The van der Waals surface area contributed by atoms with E-state index in [1.54, 1.807) is 36.4 Å². The molecule has 0 aliphatic carbocycles. The summed E-state index contributed by atoms with van der Waals surface area (Å²) >= 11 is 0. The van der Waals surface area contributed by atoms with E-state index < -0.39 is 5.23 Å². The van der Waals surface area contributed by atoms with Crippen molar-refractivity contribution in [1.29, 1.82) is 0 Å². The summed E-state index contributed by atoms with van der Waals surface area (Å²) in [7, 11) is 0. The van der Waals surface area contributed by atoms with Gasteiger partial charge in [0.05, 0.1) is 5.57 Å². The molecular weight excluding hydrogens is 322 g/mol. The Kier molecular flexibility index (Phi) is 4.85. The van der Waals surface area contributed by atoms with E-state index in [0.29, 0.717) is 35.2 Å². The molecule has 6 nitrogen and oxygen atoms in total. The minimum absolute atomic E-state index is 0.217. The topological polar surface area (TPSA) is 87.2 Å². The number of quaternary nitrogens is 1. The molecule has 6 heteroatoms. The zero-order chi connectivity index (χ0) is 18.0. The zero-order valence-electron chi connectivity index (χ0n) is 14.0. The molecule has 1 aliphatic rings. The summed E-state index contributed by atoms with van der Waals surface area (Å²) in [5.74, 6) is 1.83. The Labute approximate surface area is 145 Å². The third-order valence-electron chi connectivity index (χ3n) is 3.73. The van der Waals surface area contributed by atoms with Crippen LogP contribution in [0.1, 0.15) is 26.0 Å². The fourth-order valence-electron chi connectivity index (χ4n) is 2.56. The number of rotatable bonds is 5. The minimum Gasteiger partial charge on any atom is -0.595 e. The number of hydrogen-bond acceptors (Lipinski definition) is 5. The van der Waals surface area contributed by atoms with Gasteiger partial charge in [-0.1, -0.05) is 13.8 Å². The highest BCUT2D eigenvalue weighted by Crippen LogP contribution is 2.27. The first-order valence-electron chi connectivity index (χ1n) is 8.00. The Bertz CT molecular complexity index is 828. The van der Waals surface area contributed by atoms with Gasteiger partial charge in [0, 0.05) is 24.1 Å². The summed E-state index contributed by atoms with van der Waals surface area (Å²) in [5, 5.41) is 18.8. The number of allylic oxidation sites excluding steroid dienone is 1. The van der Waals surface area contributed by atoms with Crippen LogP contribution in [0.5, 0.6) is 0 Å². The Balaban J connectivity index is 1.79. The molecule has 2 aromatic rings. The first-order chi connectivity index (χ1) is 11.9. The highest BCUT2D eigenvalue weighted by molar-refractivity contribution is 5.99. The summed E-state index contributed by atoms with van der Waals surface area (Å²) < 4.78 is 11.0. The van der Waals surface area contributed by atoms with E-state index in [1.807, 2.05) is 0 Å². The van der Waals surface area contributed by atoms with Crippen LogP contribution in [0.3, 0.4) is 0 Å². The van der Waals surface area contributed by atoms with Crippen LogP contribution in [0.2, 0.25) is 0 Å². The maximum absolute atomic E-state index is 11.9. The van der Waals surface area contributed by atoms with Crippen LogP contribution in [-0.2, 0) is 9.53 Å². The van der Waals surface area contributed by atoms with Crippen LogP contribution in [-0.4, -0.2) is 11.2 Å². The van der Waals surface area contributed by atoms with Crippen LogP contribution in [0, 0.1) is 11.1 Å². The highest BCUT2D eigenvalue weighted by Gasteiger charge is 2.21. The lowest BCUT2D eigenvalue weighted by Crippen LogP contribution is -2.99. The summed E-state index contributed by atoms with van der Waals surface area (Å²) in [6.45, 7) is 4.12. The molecule has 1 aromatic heterocycles. The third-order valence-corrected chi connectivity index (χ3v) is 3.73. The number of ether oxygens (including phenoxy) is 1. The van der Waals surface area contributed by atoms with Gasteiger partial charge in [0.1, 0.15) is 17.3 Å². The molecule has 1 aliphatic heterocycles. The number of furan rings is 1. The van der Waals surface area contributed by atoms with Crippen molar-refractivity contribution < 1.29 is 24.4 Å². The first kappa shape index (κ1) is 17.2. The molecule has 0 radical (unpaired) electrons. The van der Waals surface area contributed by atoms with Gasteiger partial charge in [-0.2, -0.15) is 5.23 Å². The second-order valence-corrected chi connectivity index (χ2v) is 6.28. The lowest BCUT2D eigenvalue weighted by Gasteiger charge is -2.11. The van der Waals surface area contributed by atoms with Gasteiger partial charge in [-0.3, -0.25) is 0 Å². The Hall–Kier alpha value is -2.67. The Morgan fingerprint density at radius 1 is 1.20 bits per heavy atom. The molecule has 130 valence electrons. The second kappa shape index (κ2) is 7.06. The molecular formula is C19H19NO5. The fraction of sp³-hybridized carbons (Fsp3) is 0.211. The Morgan fingerprint density at radius 2 is 1.92 bits per heavy atom. The van der Waals surface area contributed by atoms with Gasteiger partial charge in [0.25, 0.3) is 0 Å². The molecule has 0 saturated carbocycles. The lowest BCUT2D eigenvalue weighted by atomic mass is 10.1. The van der Waals surface area contributed by atoms with Crippen molar-refractivity contribution in [3.05, 3.63) is 64.8 Å². The van der Waals surface area contributed by atoms with Crippen LogP contribution in [0.25, 0.3) is 17.4 Å². The van der Waals surface area contributed by atoms with E-state index in [9.17, 15) is 10.0 Å². The molecule has 0 fully saturated rings. The number of cyclic esters (lactones) is 1. The normalized spacial score (nSPS) is 17.1. The van der Waals surface area contributed by atoms with Crippen molar-refractivity contribution in [3.8, 4) is 11.3 Å². The molecule has 1 aromatic carbocycles. The number of nitrogens with one attached hydrogen (secondary N) is 1. The van der Waals surface area contributed by atoms with Crippen molar-refractivity contribution in [2.45, 2.75) is 20.3 Å². The van der Waals surface area contributed by atoms with Crippen molar-refractivity contribution in [1.82, 2.24) is 0 Å². The van der Waals surface area contributed by atoms with Crippen LogP contribution in [0.4, 0.5) is 5.69 Å². The van der Waals surface area contributed by atoms with Gasteiger partial charge >= 0.3 is 5.97 Å².